The molecule has 0 bridgehead atoms. The maximum Gasteiger partial charge on any atom is 0.414 e. The van der Waals surface area contributed by atoms with Crippen molar-refractivity contribution in [3.05, 3.63) is 0 Å². The summed E-state index contributed by atoms with van der Waals surface area (Å²) in [6.45, 7) is 8.49. The van der Waals surface area contributed by atoms with Gasteiger partial charge in [0, 0.05) is 19.4 Å². The molecule has 3 aliphatic heterocycles. The zero-order valence-corrected chi connectivity index (χ0v) is 17.6. The average Bonchev–Trinajstić information content (AvgIpc) is 3.25. The molecular formula is C18H32N5O4S+. The Balaban J connectivity index is 1.56. The fourth-order valence-electron chi connectivity index (χ4n) is 4.30. The summed E-state index contributed by atoms with van der Waals surface area (Å²) in [5, 5.41) is 8.51. The van der Waals surface area contributed by atoms with Crippen LogP contribution in [0.5, 0.6) is 0 Å². The van der Waals surface area contributed by atoms with Gasteiger partial charge in [-0.25, -0.2) is 9.39 Å². The molecule has 0 aliphatic carbocycles. The van der Waals surface area contributed by atoms with Crippen LogP contribution in [0.3, 0.4) is 0 Å². The summed E-state index contributed by atoms with van der Waals surface area (Å²) in [5.41, 5.74) is 3.51. The maximum atomic E-state index is 12.9. The molecule has 3 fully saturated rings. The molecule has 10 heteroatoms. The molecule has 3 saturated heterocycles. The lowest BCUT2D eigenvalue weighted by atomic mass is 10.1. The van der Waals surface area contributed by atoms with Gasteiger partial charge in [-0.05, 0) is 32.9 Å². The number of imide groups is 1. The van der Waals surface area contributed by atoms with Crippen LogP contribution in [-0.4, -0.2) is 71.6 Å². The third kappa shape index (κ3) is 4.61. The number of carbonyl (C=O) groups is 3. The van der Waals surface area contributed by atoms with E-state index in [0.29, 0.717) is 6.42 Å². The molecule has 3 rings (SSSR count). The van der Waals surface area contributed by atoms with Gasteiger partial charge in [-0.1, -0.05) is 0 Å². The first-order chi connectivity index (χ1) is 13.3. The fraction of sp³-hybridized carbons (Fsp3) is 0.833. The molecule has 5 unspecified atom stereocenters. The molecule has 3 heterocycles. The highest BCUT2D eigenvalue weighted by atomic mass is 32.2. The van der Waals surface area contributed by atoms with Crippen LogP contribution in [0, 0.1) is 5.92 Å². The third-order valence-corrected chi connectivity index (χ3v) is 7.02. The Bertz CT molecular complexity index is 619. The SMILES string of the molecule is CC[N+]12CCCNC1CC(C(=O)NC1SCCC1C(=O)NC(=O)OC(C)C)N2. The van der Waals surface area contributed by atoms with Gasteiger partial charge in [-0.3, -0.25) is 20.2 Å². The molecule has 3 aliphatic rings. The number of thioether (sulfide) groups is 1. The molecule has 5 atom stereocenters. The van der Waals surface area contributed by atoms with Gasteiger partial charge < -0.3 is 10.1 Å². The number of hydrogen-bond acceptors (Lipinski definition) is 7. The van der Waals surface area contributed by atoms with Gasteiger partial charge in [-0.2, -0.15) is 5.43 Å². The van der Waals surface area contributed by atoms with Crippen LogP contribution in [0.15, 0.2) is 0 Å². The normalized spacial score (nSPS) is 34.7. The molecule has 28 heavy (non-hydrogen) atoms. The molecule has 0 saturated carbocycles. The molecule has 0 radical (unpaired) electrons. The fourth-order valence-corrected chi connectivity index (χ4v) is 5.64. The largest absolute Gasteiger partial charge is 0.447 e. The second kappa shape index (κ2) is 8.98. The number of amides is 3. The van der Waals surface area contributed by atoms with E-state index in [9.17, 15) is 14.4 Å². The maximum absolute atomic E-state index is 12.9. The van der Waals surface area contributed by atoms with Crippen molar-refractivity contribution in [2.45, 2.75) is 63.7 Å². The number of hydrogen-bond donors (Lipinski definition) is 4. The second-order valence-corrected chi connectivity index (χ2v) is 9.20. The Morgan fingerprint density at radius 2 is 2.07 bits per heavy atom. The third-order valence-electron chi connectivity index (χ3n) is 5.74. The van der Waals surface area contributed by atoms with Crippen LogP contribution in [0.25, 0.3) is 0 Å². The van der Waals surface area contributed by atoms with Crippen LogP contribution in [0.1, 0.15) is 40.0 Å². The quantitative estimate of drug-likeness (QED) is 0.479. The molecule has 0 aromatic carbocycles. The minimum atomic E-state index is -0.739. The molecule has 0 aromatic heterocycles. The van der Waals surface area contributed by atoms with Crippen molar-refractivity contribution in [1.82, 2.24) is 21.4 Å². The number of rotatable bonds is 5. The summed E-state index contributed by atoms with van der Waals surface area (Å²) in [6, 6.07) is -0.286. The van der Waals surface area contributed by atoms with E-state index in [4.69, 9.17) is 4.74 Å². The average molecular weight is 415 g/mol. The van der Waals surface area contributed by atoms with Crippen molar-refractivity contribution in [1.29, 1.82) is 0 Å². The monoisotopic (exact) mass is 414 g/mol. The first-order valence-electron chi connectivity index (χ1n) is 10.2. The Kier molecular flexibility index (Phi) is 6.85. The van der Waals surface area contributed by atoms with Crippen LogP contribution in [-0.2, 0) is 14.3 Å². The number of alkyl carbamates (subject to hydrolysis) is 1. The molecular weight excluding hydrogens is 382 g/mol. The van der Waals surface area contributed by atoms with Gasteiger partial charge in [0.15, 0.2) is 6.17 Å². The Hall–Kier alpha value is -1.36. The van der Waals surface area contributed by atoms with Crippen molar-refractivity contribution in [3.63, 3.8) is 0 Å². The zero-order valence-electron chi connectivity index (χ0n) is 16.8. The van der Waals surface area contributed by atoms with Gasteiger partial charge in [0.2, 0.25) is 11.8 Å². The molecule has 0 spiro atoms. The standard InChI is InChI=1S/C18H31N5O4S/c1-4-23-8-5-7-19-14(23)10-13(22-23)16(25)20-17-12(6-9-28-17)15(24)21-18(26)27-11(2)3/h11-14,17,19,22H,4-10H2,1-3H3,(H-,20,21,24,25,26)/p+1. The van der Waals surface area contributed by atoms with Crippen molar-refractivity contribution in [3.8, 4) is 0 Å². The number of quaternary nitrogens is 1. The summed E-state index contributed by atoms with van der Waals surface area (Å²) in [6.07, 6.45) is 1.64. The predicted octanol–water partition coefficient (Wildman–Crippen LogP) is 0.276. The van der Waals surface area contributed by atoms with E-state index in [1.54, 1.807) is 25.6 Å². The topological polar surface area (TPSA) is 109 Å². The van der Waals surface area contributed by atoms with Crippen LogP contribution >= 0.6 is 11.8 Å². The highest BCUT2D eigenvalue weighted by molar-refractivity contribution is 8.00. The number of carbonyl (C=O) groups excluding carboxylic acids is 3. The predicted molar refractivity (Wildman–Crippen MR) is 106 cm³/mol. The molecule has 0 aromatic rings. The second-order valence-electron chi connectivity index (χ2n) is 7.95. The lowest BCUT2D eigenvalue weighted by Crippen LogP contribution is -2.67. The summed E-state index contributed by atoms with van der Waals surface area (Å²) in [4.78, 5) is 37.0. The number of fused-ring (bicyclic) bond motifs is 1. The van der Waals surface area contributed by atoms with Crippen molar-refractivity contribution >= 4 is 29.7 Å². The molecule has 3 amide bonds. The van der Waals surface area contributed by atoms with Gasteiger partial charge in [0.25, 0.3) is 0 Å². The number of ether oxygens (including phenoxy) is 1. The van der Waals surface area contributed by atoms with Gasteiger partial charge >= 0.3 is 6.09 Å². The van der Waals surface area contributed by atoms with E-state index in [-0.39, 0.29) is 29.6 Å². The minimum absolute atomic E-state index is 0.0795. The van der Waals surface area contributed by atoms with Gasteiger partial charge in [-0.15, -0.1) is 11.8 Å². The first kappa shape index (κ1) is 21.4. The van der Waals surface area contributed by atoms with E-state index in [1.165, 1.54) is 0 Å². The highest BCUT2D eigenvalue weighted by Gasteiger charge is 2.50. The summed E-state index contributed by atoms with van der Waals surface area (Å²) < 4.78 is 5.69. The van der Waals surface area contributed by atoms with Crippen molar-refractivity contribution < 1.29 is 23.7 Å². The summed E-state index contributed by atoms with van der Waals surface area (Å²) in [7, 11) is 0. The molecule has 4 N–H and O–H groups in total. The van der Waals surface area contributed by atoms with E-state index in [0.717, 1.165) is 42.8 Å². The highest BCUT2D eigenvalue weighted by Crippen LogP contribution is 2.31. The zero-order chi connectivity index (χ0) is 20.3. The van der Waals surface area contributed by atoms with Crippen LogP contribution in [0.2, 0.25) is 0 Å². The van der Waals surface area contributed by atoms with Crippen LogP contribution in [0.4, 0.5) is 4.79 Å². The van der Waals surface area contributed by atoms with E-state index < -0.39 is 17.9 Å². The number of nitrogens with zero attached hydrogens (tertiary/aromatic N) is 1. The van der Waals surface area contributed by atoms with Crippen molar-refractivity contribution in [2.75, 3.05) is 25.4 Å². The first-order valence-corrected chi connectivity index (χ1v) is 11.2. The van der Waals surface area contributed by atoms with Gasteiger partial charge in [0.1, 0.15) is 6.04 Å². The lowest BCUT2D eigenvalue weighted by Gasteiger charge is -2.41. The van der Waals surface area contributed by atoms with Gasteiger partial charge in [0.05, 0.1) is 30.5 Å². The molecule has 9 nitrogen and oxygen atoms in total. The Morgan fingerprint density at radius 1 is 1.29 bits per heavy atom. The van der Waals surface area contributed by atoms with Crippen molar-refractivity contribution in [2.24, 2.45) is 5.92 Å². The Labute approximate surface area is 170 Å². The molecule has 158 valence electrons. The smallest absolute Gasteiger partial charge is 0.414 e. The Morgan fingerprint density at radius 3 is 2.75 bits per heavy atom. The lowest BCUT2D eigenvalue weighted by molar-refractivity contribution is -0.984. The summed E-state index contributed by atoms with van der Waals surface area (Å²) >= 11 is 1.54. The van der Waals surface area contributed by atoms with E-state index in [2.05, 4.69) is 28.3 Å². The minimum Gasteiger partial charge on any atom is -0.447 e. The summed E-state index contributed by atoms with van der Waals surface area (Å²) in [5.74, 6) is -0.148. The van der Waals surface area contributed by atoms with Crippen LogP contribution < -0.4 is 21.4 Å². The van der Waals surface area contributed by atoms with E-state index >= 15 is 0 Å². The number of nitrogens with one attached hydrogen (secondary N) is 4. The van der Waals surface area contributed by atoms with E-state index in [1.807, 2.05) is 0 Å².